The molecular formula is C25H36O. The predicted octanol–water partition coefficient (Wildman–Crippen LogP) is 7.05. The van der Waals surface area contributed by atoms with E-state index < -0.39 is 0 Å². The van der Waals surface area contributed by atoms with Gasteiger partial charge in [-0.15, -0.1) is 13.2 Å². The highest BCUT2D eigenvalue weighted by atomic mass is 16.5. The zero-order chi connectivity index (χ0) is 18.2. The second-order valence-corrected chi connectivity index (χ2v) is 8.46. The summed E-state index contributed by atoms with van der Waals surface area (Å²) in [4.78, 5) is 0. The van der Waals surface area contributed by atoms with Crippen LogP contribution >= 0.6 is 0 Å². The molecule has 26 heavy (non-hydrogen) atoms. The molecule has 0 spiro atoms. The monoisotopic (exact) mass is 352 g/mol. The van der Waals surface area contributed by atoms with E-state index >= 15 is 0 Å². The Bertz CT molecular complexity index is 542. The zero-order valence-corrected chi connectivity index (χ0v) is 16.4. The molecule has 1 aromatic rings. The molecule has 0 saturated heterocycles. The summed E-state index contributed by atoms with van der Waals surface area (Å²) in [5, 5.41) is 0. The second kappa shape index (κ2) is 10.1. The Hall–Kier alpha value is -1.34. The van der Waals surface area contributed by atoms with E-state index in [1.807, 2.05) is 0 Å². The average Bonchev–Trinajstić information content (AvgIpc) is 2.70. The van der Waals surface area contributed by atoms with Crippen molar-refractivity contribution in [1.29, 1.82) is 0 Å². The maximum absolute atomic E-state index is 5.53. The molecule has 0 amide bonds. The van der Waals surface area contributed by atoms with Crippen LogP contribution in [0.4, 0.5) is 0 Å². The van der Waals surface area contributed by atoms with Gasteiger partial charge in [0.15, 0.2) is 0 Å². The molecule has 2 aliphatic carbocycles. The molecule has 0 unspecified atom stereocenters. The van der Waals surface area contributed by atoms with Crippen LogP contribution in [0.1, 0.15) is 74.8 Å². The number of benzene rings is 1. The topological polar surface area (TPSA) is 9.23 Å². The molecular weight excluding hydrogens is 316 g/mol. The van der Waals surface area contributed by atoms with Gasteiger partial charge in [-0.05, 0) is 92.6 Å². The molecule has 0 aliphatic heterocycles. The van der Waals surface area contributed by atoms with Crippen molar-refractivity contribution in [2.45, 2.75) is 70.3 Å². The third kappa shape index (κ3) is 5.33. The van der Waals surface area contributed by atoms with Gasteiger partial charge in [0.05, 0.1) is 13.2 Å². The van der Waals surface area contributed by atoms with Gasteiger partial charge in [-0.2, -0.15) is 0 Å². The molecule has 0 aromatic heterocycles. The van der Waals surface area contributed by atoms with Crippen LogP contribution in [0.3, 0.4) is 0 Å². The van der Waals surface area contributed by atoms with Crippen LogP contribution in [-0.4, -0.2) is 6.61 Å². The molecule has 0 atom stereocenters. The first-order chi connectivity index (χ1) is 12.8. The van der Waals surface area contributed by atoms with Crippen molar-refractivity contribution in [3.05, 3.63) is 60.7 Å². The molecule has 3 rings (SSSR count). The van der Waals surface area contributed by atoms with Crippen LogP contribution in [0, 0.1) is 17.8 Å². The first-order valence-corrected chi connectivity index (χ1v) is 10.7. The van der Waals surface area contributed by atoms with Crippen molar-refractivity contribution in [3.8, 4) is 0 Å². The summed E-state index contributed by atoms with van der Waals surface area (Å²) in [6.07, 6.45) is 16.6. The van der Waals surface area contributed by atoms with E-state index in [4.69, 9.17) is 4.74 Å². The lowest BCUT2D eigenvalue weighted by atomic mass is 9.68. The maximum atomic E-state index is 5.53. The third-order valence-electron chi connectivity index (χ3n) is 6.79. The van der Waals surface area contributed by atoms with Gasteiger partial charge >= 0.3 is 0 Å². The molecule has 0 radical (unpaired) electrons. The molecule has 1 aromatic carbocycles. The number of ether oxygens (including phenoxy) is 1. The van der Waals surface area contributed by atoms with Gasteiger partial charge in [0.2, 0.25) is 0 Å². The third-order valence-corrected chi connectivity index (χ3v) is 6.79. The minimum atomic E-state index is 0.626. The second-order valence-electron chi connectivity index (χ2n) is 8.46. The molecule has 142 valence electrons. The van der Waals surface area contributed by atoms with E-state index in [9.17, 15) is 0 Å². The van der Waals surface area contributed by atoms with E-state index in [0.717, 1.165) is 23.7 Å². The zero-order valence-electron chi connectivity index (χ0n) is 16.4. The van der Waals surface area contributed by atoms with Gasteiger partial charge in [0.25, 0.3) is 0 Å². The van der Waals surface area contributed by atoms with E-state index in [1.165, 1.54) is 68.9 Å². The lowest BCUT2D eigenvalue weighted by Crippen LogP contribution is -2.25. The predicted molar refractivity (Wildman–Crippen MR) is 111 cm³/mol. The fourth-order valence-corrected chi connectivity index (χ4v) is 5.20. The lowest BCUT2D eigenvalue weighted by Gasteiger charge is -2.38. The quantitative estimate of drug-likeness (QED) is 0.360. The van der Waals surface area contributed by atoms with Crippen molar-refractivity contribution in [3.63, 3.8) is 0 Å². The lowest BCUT2D eigenvalue weighted by molar-refractivity contribution is 0.149. The molecule has 2 saturated carbocycles. The minimum absolute atomic E-state index is 0.626. The Labute approximate surface area is 160 Å². The van der Waals surface area contributed by atoms with Gasteiger partial charge in [0.1, 0.15) is 0 Å². The summed E-state index contributed by atoms with van der Waals surface area (Å²) in [5.41, 5.74) is 2.80. The van der Waals surface area contributed by atoms with Crippen LogP contribution < -0.4 is 0 Å². The Morgan fingerprint density at radius 3 is 2.00 bits per heavy atom. The van der Waals surface area contributed by atoms with Crippen molar-refractivity contribution in [2.24, 2.45) is 17.8 Å². The van der Waals surface area contributed by atoms with Crippen molar-refractivity contribution >= 4 is 0 Å². The van der Waals surface area contributed by atoms with E-state index in [2.05, 4.69) is 43.5 Å². The van der Waals surface area contributed by atoms with E-state index in [1.54, 1.807) is 6.08 Å². The summed E-state index contributed by atoms with van der Waals surface area (Å²) < 4.78 is 5.53. The van der Waals surface area contributed by atoms with Crippen molar-refractivity contribution in [1.82, 2.24) is 0 Å². The summed E-state index contributed by atoms with van der Waals surface area (Å²) in [7, 11) is 0. The first kappa shape index (κ1) is 19.4. The number of allylic oxidation sites excluding steroid dienone is 1. The summed E-state index contributed by atoms with van der Waals surface area (Å²) in [6, 6.07) is 9.15. The SMILES string of the molecule is C=CCOCc1ccc(C2CCC([C@H]3CC[C@H](CC=C)CC3)CC2)cc1. The largest absolute Gasteiger partial charge is 0.373 e. The highest BCUT2D eigenvalue weighted by Crippen LogP contribution is 2.44. The maximum Gasteiger partial charge on any atom is 0.0721 e. The summed E-state index contributed by atoms with van der Waals surface area (Å²) >= 11 is 0. The van der Waals surface area contributed by atoms with Gasteiger partial charge in [-0.1, -0.05) is 36.4 Å². The molecule has 0 bridgehead atoms. The fourth-order valence-electron chi connectivity index (χ4n) is 5.20. The highest BCUT2D eigenvalue weighted by Gasteiger charge is 2.30. The van der Waals surface area contributed by atoms with Crippen LogP contribution in [0.5, 0.6) is 0 Å². The van der Waals surface area contributed by atoms with Gasteiger partial charge in [-0.25, -0.2) is 0 Å². The standard InChI is InChI=1S/C25H36O/c1-3-5-20-6-10-22(11-7-20)24-14-16-25(17-15-24)23-12-8-21(9-13-23)19-26-18-4-2/h3-4,8-9,12-13,20,22,24-25H,1-2,5-7,10-11,14-19H2/t20-,22-,24?,25?. The van der Waals surface area contributed by atoms with Crippen molar-refractivity contribution < 1.29 is 4.74 Å². The van der Waals surface area contributed by atoms with Gasteiger partial charge in [0, 0.05) is 0 Å². The van der Waals surface area contributed by atoms with Crippen LogP contribution in [-0.2, 0) is 11.3 Å². The smallest absolute Gasteiger partial charge is 0.0721 e. The van der Waals surface area contributed by atoms with Crippen LogP contribution in [0.25, 0.3) is 0 Å². The summed E-state index contributed by atoms with van der Waals surface area (Å²) in [5.74, 6) is 3.68. The van der Waals surface area contributed by atoms with Gasteiger partial charge < -0.3 is 4.74 Å². The normalized spacial score (nSPS) is 29.2. The molecule has 2 aliphatic rings. The number of hydrogen-bond donors (Lipinski definition) is 0. The number of hydrogen-bond acceptors (Lipinski definition) is 1. The van der Waals surface area contributed by atoms with Crippen LogP contribution in [0.2, 0.25) is 0 Å². The van der Waals surface area contributed by atoms with E-state index in [-0.39, 0.29) is 0 Å². The Morgan fingerprint density at radius 2 is 1.42 bits per heavy atom. The molecule has 0 heterocycles. The Morgan fingerprint density at radius 1 is 0.808 bits per heavy atom. The van der Waals surface area contributed by atoms with Crippen molar-refractivity contribution in [2.75, 3.05) is 6.61 Å². The summed E-state index contributed by atoms with van der Waals surface area (Å²) in [6.45, 7) is 8.92. The Kier molecular flexibility index (Phi) is 7.55. The highest BCUT2D eigenvalue weighted by molar-refractivity contribution is 5.25. The molecule has 0 N–H and O–H groups in total. The fraction of sp³-hybridized carbons (Fsp3) is 0.600. The Balaban J connectivity index is 1.43. The van der Waals surface area contributed by atoms with Gasteiger partial charge in [-0.3, -0.25) is 0 Å². The van der Waals surface area contributed by atoms with Crippen LogP contribution in [0.15, 0.2) is 49.6 Å². The first-order valence-electron chi connectivity index (χ1n) is 10.7. The number of rotatable bonds is 8. The molecule has 2 fully saturated rings. The minimum Gasteiger partial charge on any atom is -0.373 e. The van der Waals surface area contributed by atoms with E-state index in [0.29, 0.717) is 13.2 Å². The molecule has 1 nitrogen and oxygen atoms in total. The molecule has 1 heteroatoms. The average molecular weight is 353 g/mol.